The third-order valence-electron chi connectivity index (χ3n) is 13.0. The number of piperidine rings is 1. The first kappa shape index (κ1) is 43.8. The van der Waals surface area contributed by atoms with Gasteiger partial charge in [0.1, 0.15) is 17.3 Å². The number of aryl methyl sites for hydroxylation is 2. The number of rotatable bonds is 14. The Morgan fingerprint density at radius 3 is 2.05 bits per heavy atom. The number of fused-ring (bicyclic) bond motifs is 1. The van der Waals surface area contributed by atoms with E-state index < -0.39 is 0 Å². The molecule has 4 aromatic rings. The number of aromatic hydroxyl groups is 1. The van der Waals surface area contributed by atoms with E-state index in [1.165, 1.54) is 58.6 Å². The van der Waals surface area contributed by atoms with Crippen molar-refractivity contribution in [2.24, 2.45) is 11.8 Å². The number of benzene rings is 4. The zero-order chi connectivity index (χ0) is 41.9. The number of anilines is 2. The molecule has 1 N–H and O–H groups in total. The molecule has 0 saturated carbocycles. The molecule has 7 nitrogen and oxygen atoms in total. The maximum atomic E-state index is 12.4. The molecule has 0 radical (unpaired) electrons. The average Bonchev–Trinajstić information content (AvgIpc) is 3.26. The van der Waals surface area contributed by atoms with Crippen LogP contribution in [0.5, 0.6) is 5.75 Å². The largest absolute Gasteiger partial charge is 0.508 e. The summed E-state index contributed by atoms with van der Waals surface area (Å²) in [4.78, 5) is 41.6. The lowest BCUT2D eigenvalue weighted by atomic mass is 9.69. The maximum Gasteiger partial charge on any atom is 0.162 e. The second-order valence-electron chi connectivity index (χ2n) is 17.4. The lowest BCUT2D eigenvalue weighted by Crippen LogP contribution is -2.49. The van der Waals surface area contributed by atoms with Crippen LogP contribution in [0.3, 0.4) is 0 Å². The summed E-state index contributed by atoms with van der Waals surface area (Å²) in [5.74, 6) is 2.61. The molecular formula is C52H67N3O4. The van der Waals surface area contributed by atoms with Gasteiger partial charge in [-0.15, -0.1) is 0 Å². The third-order valence-corrected chi connectivity index (χ3v) is 13.0. The van der Waals surface area contributed by atoms with Gasteiger partial charge in [-0.2, -0.15) is 0 Å². The molecule has 2 heterocycles. The molecule has 2 fully saturated rings. The normalized spacial score (nSPS) is 18.5. The molecule has 59 heavy (non-hydrogen) atoms. The Hall–Kier alpha value is -4.75. The van der Waals surface area contributed by atoms with Gasteiger partial charge in [0.15, 0.2) is 5.78 Å². The zero-order valence-corrected chi connectivity index (χ0v) is 36.3. The summed E-state index contributed by atoms with van der Waals surface area (Å²) in [6, 6.07) is 32.8. The van der Waals surface area contributed by atoms with Crippen molar-refractivity contribution in [1.82, 2.24) is 4.90 Å². The standard InChI is InChI=1S/C43H51N3O2.C9H16O2/c1-3-32-28-37(15-18-39(32)42(48)4-2)46-26-24-44(25-27-46)30-31-20-22-45(23-21-31)36-13-10-34(11-14-36)43-40(33-8-6-5-7-9-33)17-12-35-29-38(47)16-19-41(35)43;1-7(2)9(11)6-4-5-8(3)10/h5-11,13-16,18-19,28-29,31,40,43,47H,3-4,12,17,20-27,30H2,1-2H3;7H,4-6H2,1-3H3. The highest BCUT2D eigenvalue weighted by molar-refractivity contribution is 5.97. The number of phenolic OH excluding ortho intramolecular Hbond substituents is 1. The van der Waals surface area contributed by atoms with Gasteiger partial charge in [-0.3, -0.25) is 14.5 Å². The Balaban J connectivity index is 0.000000468. The van der Waals surface area contributed by atoms with Crippen LogP contribution in [0.25, 0.3) is 0 Å². The monoisotopic (exact) mass is 798 g/mol. The zero-order valence-electron chi connectivity index (χ0n) is 36.3. The van der Waals surface area contributed by atoms with Crippen LogP contribution < -0.4 is 9.80 Å². The molecular weight excluding hydrogens is 731 g/mol. The number of hydrogen-bond donors (Lipinski definition) is 1. The molecule has 0 aromatic heterocycles. The number of nitrogens with zero attached hydrogens (tertiary/aromatic N) is 3. The van der Waals surface area contributed by atoms with Crippen LogP contribution >= 0.6 is 0 Å². The van der Waals surface area contributed by atoms with Gasteiger partial charge in [0.25, 0.3) is 0 Å². The van der Waals surface area contributed by atoms with Crippen LogP contribution in [0.2, 0.25) is 0 Å². The van der Waals surface area contributed by atoms with Crippen LogP contribution in [0.4, 0.5) is 11.4 Å². The predicted molar refractivity (Wildman–Crippen MR) is 242 cm³/mol. The SMILES string of the molecule is CC(=O)CCCC(=O)C(C)C.CCC(=O)c1ccc(N2CCN(CC3CCN(c4ccc(C5c6ccc(O)cc6CCC5c5ccccc5)cc4)CC3)CC2)cc1CC. The number of carbonyl (C=O) groups excluding carboxylic acids is 3. The fourth-order valence-corrected chi connectivity index (χ4v) is 9.43. The Bertz CT molecular complexity index is 1990. The van der Waals surface area contributed by atoms with Gasteiger partial charge in [0, 0.05) is 93.8 Å². The maximum absolute atomic E-state index is 12.4. The van der Waals surface area contributed by atoms with Crippen LogP contribution in [-0.4, -0.2) is 73.2 Å². The minimum Gasteiger partial charge on any atom is -0.508 e. The Kier molecular flexibility index (Phi) is 15.6. The quantitative estimate of drug-likeness (QED) is 0.127. The van der Waals surface area contributed by atoms with Crippen LogP contribution in [0.15, 0.2) is 91.0 Å². The van der Waals surface area contributed by atoms with Gasteiger partial charge >= 0.3 is 0 Å². The highest BCUT2D eigenvalue weighted by atomic mass is 16.3. The van der Waals surface area contributed by atoms with E-state index in [-0.39, 0.29) is 29.2 Å². The van der Waals surface area contributed by atoms with E-state index in [4.69, 9.17) is 0 Å². The van der Waals surface area contributed by atoms with Gasteiger partial charge in [0.2, 0.25) is 0 Å². The van der Waals surface area contributed by atoms with Crippen molar-refractivity contribution in [1.29, 1.82) is 0 Å². The number of phenols is 1. The van der Waals surface area contributed by atoms with Gasteiger partial charge in [-0.1, -0.05) is 76.2 Å². The summed E-state index contributed by atoms with van der Waals surface area (Å²) in [7, 11) is 0. The van der Waals surface area contributed by atoms with E-state index in [0.29, 0.717) is 37.4 Å². The summed E-state index contributed by atoms with van der Waals surface area (Å²) in [5, 5.41) is 10.2. The fraction of sp³-hybridized carbons (Fsp3) is 0.481. The molecule has 0 bridgehead atoms. The van der Waals surface area contributed by atoms with Crippen molar-refractivity contribution in [2.75, 3.05) is 55.6 Å². The first-order chi connectivity index (χ1) is 28.5. The average molecular weight is 798 g/mol. The molecule has 0 spiro atoms. The van der Waals surface area contributed by atoms with Gasteiger partial charge in [0.05, 0.1) is 0 Å². The highest BCUT2D eigenvalue weighted by Gasteiger charge is 2.32. The molecule has 2 aliphatic heterocycles. The first-order valence-corrected chi connectivity index (χ1v) is 22.4. The van der Waals surface area contributed by atoms with Gasteiger partial charge < -0.3 is 19.7 Å². The summed E-state index contributed by atoms with van der Waals surface area (Å²) in [5.41, 5.74) is 10.1. The second-order valence-corrected chi connectivity index (χ2v) is 17.4. The van der Waals surface area contributed by atoms with E-state index in [2.05, 4.69) is 100 Å². The smallest absolute Gasteiger partial charge is 0.162 e. The van der Waals surface area contributed by atoms with Gasteiger partial charge in [-0.05, 0) is 128 Å². The first-order valence-electron chi connectivity index (χ1n) is 22.4. The van der Waals surface area contributed by atoms with E-state index in [1.54, 1.807) is 6.92 Å². The van der Waals surface area contributed by atoms with Crippen molar-refractivity contribution in [3.8, 4) is 5.75 Å². The summed E-state index contributed by atoms with van der Waals surface area (Å²) in [6.45, 7) is 17.2. The molecule has 3 aliphatic rings. The van der Waals surface area contributed by atoms with Crippen molar-refractivity contribution in [3.63, 3.8) is 0 Å². The summed E-state index contributed by atoms with van der Waals surface area (Å²) < 4.78 is 0. The molecule has 314 valence electrons. The summed E-state index contributed by atoms with van der Waals surface area (Å²) >= 11 is 0. The Morgan fingerprint density at radius 2 is 1.41 bits per heavy atom. The molecule has 7 heteroatoms. The molecule has 2 saturated heterocycles. The number of carbonyl (C=O) groups is 3. The van der Waals surface area contributed by atoms with Crippen molar-refractivity contribution < 1.29 is 19.5 Å². The summed E-state index contributed by atoms with van der Waals surface area (Å²) in [6.07, 6.45) is 7.83. The van der Waals surface area contributed by atoms with Crippen molar-refractivity contribution in [3.05, 3.63) is 124 Å². The van der Waals surface area contributed by atoms with Crippen molar-refractivity contribution in [2.45, 2.75) is 104 Å². The predicted octanol–water partition coefficient (Wildman–Crippen LogP) is 10.4. The Morgan fingerprint density at radius 1 is 0.729 bits per heavy atom. The van der Waals surface area contributed by atoms with Crippen LogP contribution in [-0.2, 0) is 22.4 Å². The molecule has 2 unspecified atom stereocenters. The number of hydrogen-bond acceptors (Lipinski definition) is 7. The lowest BCUT2D eigenvalue weighted by molar-refractivity contribution is -0.122. The molecule has 2 atom stereocenters. The Labute approximate surface area is 353 Å². The number of piperazine rings is 1. The van der Waals surface area contributed by atoms with Crippen molar-refractivity contribution >= 4 is 28.7 Å². The minimum atomic E-state index is 0.113. The number of ketones is 3. The number of Topliss-reactive ketones (excluding diaryl/α,β-unsaturated/α-hetero) is 3. The van der Waals surface area contributed by atoms with E-state index in [0.717, 1.165) is 70.0 Å². The van der Waals surface area contributed by atoms with E-state index >= 15 is 0 Å². The molecule has 4 aromatic carbocycles. The lowest BCUT2D eigenvalue weighted by Gasteiger charge is -2.40. The molecule has 1 aliphatic carbocycles. The highest BCUT2D eigenvalue weighted by Crippen LogP contribution is 2.47. The van der Waals surface area contributed by atoms with Crippen LogP contribution in [0.1, 0.15) is 130 Å². The fourth-order valence-electron chi connectivity index (χ4n) is 9.43. The second kappa shape index (κ2) is 21.0. The third kappa shape index (κ3) is 11.5. The van der Waals surface area contributed by atoms with E-state index in [9.17, 15) is 19.5 Å². The molecule has 0 amide bonds. The topological polar surface area (TPSA) is 81.2 Å². The van der Waals surface area contributed by atoms with Crippen LogP contribution in [0, 0.1) is 11.8 Å². The minimum absolute atomic E-state index is 0.113. The van der Waals surface area contributed by atoms with Gasteiger partial charge in [-0.25, -0.2) is 0 Å². The van der Waals surface area contributed by atoms with E-state index in [1.807, 2.05) is 32.9 Å². The molecule has 7 rings (SSSR count).